The molecule has 0 aliphatic heterocycles. The highest BCUT2D eigenvalue weighted by atomic mass is 19.1. The molecule has 3 aromatic rings. The number of rotatable bonds is 4. The van der Waals surface area contributed by atoms with Crippen molar-refractivity contribution in [2.45, 2.75) is 6.92 Å². The zero-order chi connectivity index (χ0) is 15.5. The molecule has 3 rings (SSSR count). The van der Waals surface area contributed by atoms with Crippen molar-refractivity contribution in [2.75, 3.05) is 13.3 Å². The van der Waals surface area contributed by atoms with Gasteiger partial charge < -0.3 is 9.15 Å². The molecular formula is C18H15FO3. The van der Waals surface area contributed by atoms with Crippen molar-refractivity contribution in [3.8, 4) is 16.9 Å². The number of halogens is 1. The SMILES string of the molecule is Cc1ccc2c(-c3ccccc3)cc(=O)oc2c1OCCF. The molecule has 0 fully saturated rings. The Labute approximate surface area is 127 Å². The Morgan fingerprint density at radius 3 is 2.64 bits per heavy atom. The van der Waals surface area contributed by atoms with Crippen LogP contribution in [0, 0.1) is 6.92 Å². The van der Waals surface area contributed by atoms with Crippen LogP contribution in [0.4, 0.5) is 4.39 Å². The van der Waals surface area contributed by atoms with Crippen LogP contribution in [-0.4, -0.2) is 13.3 Å². The van der Waals surface area contributed by atoms with E-state index in [4.69, 9.17) is 9.15 Å². The molecule has 4 heteroatoms. The molecule has 0 N–H and O–H groups in total. The summed E-state index contributed by atoms with van der Waals surface area (Å²) in [6, 6.07) is 14.8. The molecule has 1 aromatic heterocycles. The van der Waals surface area contributed by atoms with Gasteiger partial charge in [-0.3, -0.25) is 0 Å². The summed E-state index contributed by atoms with van der Waals surface area (Å²) in [7, 11) is 0. The smallest absolute Gasteiger partial charge is 0.336 e. The van der Waals surface area contributed by atoms with Crippen LogP contribution >= 0.6 is 0 Å². The van der Waals surface area contributed by atoms with E-state index < -0.39 is 12.3 Å². The summed E-state index contributed by atoms with van der Waals surface area (Å²) in [5, 5.41) is 0.769. The lowest BCUT2D eigenvalue weighted by molar-refractivity contribution is 0.271. The molecule has 3 nitrogen and oxygen atoms in total. The summed E-state index contributed by atoms with van der Waals surface area (Å²) >= 11 is 0. The molecule has 0 aliphatic rings. The van der Waals surface area contributed by atoms with Gasteiger partial charge in [-0.25, -0.2) is 9.18 Å². The lowest BCUT2D eigenvalue weighted by Crippen LogP contribution is -2.04. The lowest BCUT2D eigenvalue weighted by atomic mass is 10.0. The van der Waals surface area contributed by atoms with E-state index >= 15 is 0 Å². The fourth-order valence-electron chi connectivity index (χ4n) is 2.48. The number of aryl methyl sites for hydroxylation is 1. The van der Waals surface area contributed by atoms with Gasteiger partial charge in [-0.15, -0.1) is 0 Å². The monoisotopic (exact) mass is 298 g/mol. The third-order valence-electron chi connectivity index (χ3n) is 3.47. The topological polar surface area (TPSA) is 39.4 Å². The quantitative estimate of drug-likeness (QED) is 0.680. The van der Waals surface area contributed by atoms with Crippen LogP contribution < -0.4 is 10.4 Å². The fraction of sp³-hybridized carbons (Fsp3) is 0.167. The highest BCUT2D eigenvalue weighted by molar-refractivity contribution is 5.96. The van der Waals surface area contributed by atoms with Crippen LogP contribution in [0.5, 0.6) is 5.75 Å². The van der Waals surface area contributed by atoms with Crippen LogP contribution in [0.2, 0.25) is 0 Å². The summed E-state index contributed by atoms with van der Waals surface area (Å²) in [4.78, 5) is 11.9. The first-order valence-electron chi connectivity index (χ1n) is 7.02. The minimum absolute atomic E-state index is 0.0702. The van der Waals surface area contributed by atoms with Crippen LogP contribution in [0.25, 0.3) is 22.1 Å². The highest BCUT2D eigenvalue weighted by Gasteiger charge is 2.14. The molecule has 1 heterocycles. The molecule has 0 spiro atoms. The molecule has 2 aromatic carbocycles. The van der Waals surface area contributed by atoms with Gasteiger partial charge in [0.2, 0.25) is 0 Å². The Morgan fingerprint density at radius 2 is 1.91 bits per heavy atom. The van der Waals surface area contributed by atoms with Gasteiger partial charge in [-0.2, -0.15) is 0 Å². The normalized spacial score (nSPS) is 10.8. The molecule has 0 saturated heterocycles. The van der Waals surface area contributed by atoms with Crippen molar-refractivity contribution in [3.05, 3.63) is 64.5 Å². The summed E-state index contributed by atoms with van der Waals surface area (Å²) in [5.41, 5.74) is 2.40. The first-order valence-corrected chi connectivity index (χ1v) is 7.02. The highest BCUT2D eigenvalue weighted by Crippen LogP contribution is 2.34. The van der Waals surface area contributed by atoms with E-state index in [9.17, 15) is 9.18 Å². The van der Waals surface area contributed by atoms with E-state index in [1.54, 1.807) is 0 Å². The summed E-state index contributed by atoms with van der Waals surface area (Å²) in [6.45, 7) is 1.17. The van der Waals surface area contributed by atoms with E-state index in [0.717, 1.165) is 22.1 Å². The van der Waals surface area contributed by atoms with Crippen molar-refractivity contribution in [1.29, 1.82) is 0 Å². The average Bonchev–Trinajstić information content (AvgIpc) is 2.54. The van der Waals surface area contributed by atoms with E-state index in [2.05, 4.69) is 0 Å². The minimum Gasteiger partial charge on any atom is -0.487 e. The Balaban J connectivity index is 2.29. The molecular weight excluding hydrogens is 283 g/mol. The van der Waals surface area contributed by atoms with E-state index in [1.807, 2.05) is 49.4 Å². The number of hydrogen-bond donors (Lipinski definition) is 0. The molecule has 0 bridgehead atoms. The number of hydrogen-bond acceptors (Lipinski definition) is 3. The number of alkyl halides is 1. The molecule has 0 aliphatic carbocycles. The predicted octanol–water partition coefficient (Wildman–Crippen LogP) is 4.12. The fourth-order valence-corrected chi connectivity index (χ4v) is 2.48. The third-order valence-corrected chi connectivity index (χ3v) is 3.47. The molecule has 0 radical (unpaired) electrons. The summed E-state index contributed by atoms with van der Waals surface area (Å²) in [6.07, 6.45) is 0. The van der Waals surface area contributed by atoms with Crippen molar-refractivity contribution < 1.29 is 13.5 Å². The van der Waals surface area contributed by atoms with E-state index in [0.29, 0.717) is 11.3 Å². The standard InChI is InChI=1S/C18H15FO3/c1-12-7-8-14-15(13-5-3-2-4-6-13)11-16(20)22-18(14)17(12)21-10-9-19/h2-8,11H,9-10H2,1H3. The summed E-state index contributed by atoms with van der Waals surface area (Å²) in [5.74, 6) is 0.421. The van der Waals surface area contributed by atoms with Gasteiger partial charge in [0.25, 0.3) is 0 Å². The maximum Gasteiger partial charge on any atom is 0.336 e. The maximum absolute atomic E-state index is 12.4. The van der Waals surface area contributed by atoms with Crippen molar-refractivity contribution >= 4 is 11.0 Å². The van der Waals surface area contributed by atoms with E-state index in [-0.39, 0.29) is 6.61 Å². The largest absolute Gasteiger partial charge is 0.487 e. The van der Waals surface area contributed by atoms with Gasteiger partial charge in [0, 0.05) is 11.5 Å². The van der Waals surface area contributed by atoms with Crippen LogP contribution in [0.3, 0.4) is 0 Å². The molecule has 22 heavy (non-hydrogen) atoms. The van der Waals surface area contributed by atoms with Gasteiger partial charge in [-0.1, -0.05) is 42.5 Å². The van der Waals surface area contributed by atoms with Gasteiger partial charge >= 0.3 is 5.63 Å². The third kappa shape index (κ3) is 2.60. The molecule has 0 saturated carbocycles. The van der Waals surface area contributed by atoms with Gasteiger partial charge in [0.15, 0.2) is 11.3 Å². The van der Waals surface area contributed by atoms with Gasteiger partial charge in [0.1, 0.15) is 13.3 Å². The maximum atomic E-state index is 12.4. The average molecular weight is 298 g/mol. The first-order chi connectivity index (χ1) is 10.7. The van der Waals surface area contributed by atoms with Crippen LogP contribution in [0.1, 0.15) is 5.56 Å². The zero-order valence-corrected chi connectivity index (χ0v) is 12.1. The van der Waals surface area contributed by atoms with Crippen molar-refractivity contribution in [2.24, 2.45) is 0 Å². The van der Waals surface area contributed by atoms with Crippen molar-refractivity contribution in [1.82, 2.24) is 0 Å². The predicted molar refractivity (Wildman–Crippen MR) is 84.1 cm³/mol. The number of benzene rings is 2. The number of fused-ring (bicyclic) bond motifs is 1. The van der Waals surface area contributed by atoms with Crippen molar-refractivity contribution in [3.63, 3.8) is 0 Å². The van der Waals surface area contributed by atoms with Gasteiger partial charge in [-0.05, 0) is 23.6 Å². The Hall–Kier alpha value is -2.62. The van der Waals surface area contributed by atoms with Crippen LogP contribution in [0.15, 0.2) is 57.7 Å². The molecule has 0 amide bonds. The molecule has 112 valence electrons. The van der Waals surface area contributed by atoms with Gasteiger partial charge in [0.05, 0.1) is 0 Å². The minimum atomic E-state index is -0.599. The number of ether oxygens (including phenoxy) is 1. The summed E-state index contributed by atoms with van der Waals surface area (Å²) < 4.78 is 23.2. The second-order valence-corrected chi connectivity index (χ2v) is 4.97. The lowest BCUT2D eigenvalue weighted by Gasteiger charge is -2.12. The second-order valence-electron chi connectivity index (χ2n) is 4.97. The Kier molecular flexibility index (Phi) is 3.92. The van der Waals surface area contributed by atoms with E-state index in [1.165, 1.54) is 6.07 Å². The Bertz CT molecular complexity index is 853. The molecule has 0 atom stereocenters. The molecule has 0 unspecified atom stereocenters. The zero-order valence-electron chi connectivity index (χ0n) is 12.1. The first kappa shape index (κ1) is 14.3. The second kappa shape index (κ2) is 6.02. The van der Waals surface area contributed by atoms with Crippen LogP contribution in [-0.2, 0) is 0 Å². The Morgan fingerprint density at radius 1 is 1.14 bits per heavy atom.